The summed E-state index contributed by atoms with van der Waals surface area (Å²) in [5, 5.41) is 3.82. The quantitative estimate of drug-likeness (QED) is 0.275. The van der Waals surface area contributed by atoms with E-state index < -0.39 is 0 Å². The molecule has 1 fully saturated rings. The van der Waals surface area contributed by atoms with Gasteiger partial charge >= 0.3 is 0 Å². The number of nitrogens with one attached hydrogen (secondary N) is 3. The summed E-state index contributed by atoms with van der Waals surface area (Å²) in [6, 6.07) is 20.9. The van der Waals surface area contributed by atoms with E-state index >= 15 is 0 Å². The van der Waals surface area contributed by atoms with E-state index in [4.69, 9.17) is 17.0 Å². The van der Waals surface area contributed by atoms with Gasteiger partial charge in [0.1, 0.15) is 18.7 Å². The first-order chi connectivity index (χ1) is 15.2. The zero-order chi connectivity index (χ0) is 21.0. The van der Waals surface area contributed by atoms with Crippen molar-refractivity contribution in [3.8, 4) is 16.2 Å². The number of thiophene rings is 1. The maximum atomic E-state index is 5.89. The van der Waals surface area contributed by atoms with Crippen LogP contribution in [0.15, 0.2) is 67.0 Å². The Hall–Kier alpha value is -3.23. The van der Waals surface area contributed by atoms with Gasteiger partial charge in [0.15, 0.2) is 10.9 Å². The van der Waals surface area contributed by atoms with Crippen LogP contribution in [0.4, 0.5) is 5.82 Å². The summed E-state index contributed by atoms with van der Waals surface area (Å²) in [6.07, 6.45) is 3.90. The van der Waals surface area contributed by atoms with E-state index in [0.717, 1.165) is 32.0 Å². The lowest BCUT2D eigenvalue weighted by Crippen LogP contribution is -2.40. The van der Waals surface area contributed by atoms with Crippen molar-refractivity contribution >= 4 is 44.7 Å². The molecule has 0 aliphatic heterocycles. The van der Waals surface area contributed by atoms with Crippen molar-refractivity contribution in [3.63, 3.8) is 0 Å². The molecule has 0 bridgehead atoms. The molecular weight excluding hydrogens is 426 g/mol. The summed E-state index contributed by atoms with van der Waals surface area (Å²) in [7, 11) is 0. The highest BCUT2D eigenvalue weighted by Crippen LogP contribution is 2.36. The Bertz CT molecular complexity index is 1190. The molecule has 0 spiro atoms. The summed E-state index contributed by atoms with van der Waals surface area (Å²) >= 11 is 6.94. The molecule has 1 aliphatic carbocycles. The predicted octanol–water partition coefficient (Wildman–Crippen LogP) is 4.89. The Morgan fingerprint density at radius 1 is 1.06 bits per heavy atom. The second-order valence-corrected chi connectivity index (χ2v) is 8.80. The summed E-state index contributed by atoms with van der Waals surface area (Å²) < 4.78 is 6.87. The smallest absolute Gasteiger partial charge is 0.185 e. The fraction of sp³-hybridized carbons (Fsp3) is 0.174. The van der Waals surface area contributed by atoms with Crippen LogP contribution in [0.5, 0.6) is 5.75 Å². The molecule has 0 unspecified atom stereocenters. The van der Waals surface area contributed by atoms with Crippen LogP contribution < -0.4 is 20.9 Å². The van der Waals surface area contributed by atoms with Crippen LogP contribution in [0, 0.1) is 0 Å². The van der Waals surface area contributed by atoms with Crippen molar-refractivity contribution in [1.82, 2.24) is 20.7 Å². The van der Waals surface area contributed by atoms with Gasteiger partial charge in [-0.15, -0.1) is 11.3 Å². The third kappa shape index (κ3) is 4.92. The highest BCUT2D eigenvalue weighted by atomic mass is 32.1. The summed E-state index contributed by atoms with van der Waals surface area (Å²) in [6.45, 7) is 0.554. The first-order valence-corrected chi connectivity index (χ1v) is 11.3. The topological polar surface area (TPSA) is 71.1 Å². The molecule has 0 radical (unpaired) electrons. The minimum absolute atomic E-state index is 0.500. The van der Waals surface area contributed by atoms with Crippen molar-refractivity contribution in [1.29, 1.82) is 0 Å². The van der Waals surface area contributed by atoms with Gasteiger partial charge in [-0.3, -0.25) is 10.9 Å². The van der Waals surface area contributed by atoms with Crippen LogP contribution in [0.25, 0.3) is 20.7 Å². The second-order valence-electron chi connectivity index (χ2n) is 7.34. The fourth-order valence-electron chi connectivity index (χ4n) is 3.11. The molecular formula is C23H21N5OS2. The van der Waals surface area contributed by atoms with Gasteiger partial charge in [0.25, 0.3) is 0 Å². The van der Waals surface area contributed by atoms with E-state index in [-0.39, 0.29) is 0 Å². The number of aromatic nitrogens is 2. The number of rotatable bonds is 7. The zero-order valence-corrected chi connectivity index (χ0v) is 18.3. The van der Waals surface area contributed by atoms with E-state index in [2.05, 4.69) is 56.5 Å². The van der Waals surface area contributed by atoms with E-state index in [9.17, 15) is 0 Å². The van der Waals surface area contributed by atoms with Crippen molar-refractivity contribution in [2.45, 2.75) is 25.5 Å². The highest BCUT2D eigenvalue weighted by molar-refractivity contribution is 7.80. The minimum atomic E-state index is 0.500. The van der Waals surface area contributed by atoms with Crippen LogP contribution >= 0.6 is 23.6 Å². The van der Waals surface area contributed by atoms with Gasteiger partial charge in [-0.25, -0.2) is 9.97 Å². The van der Waals surface area contributed by atoms with Gasteiger partial charge in [0.05, 0.1) is 10.2 Å². The molecule has 0 atom stereocenters. The molecule has 3 N–H and O–H groups in total. The first-order valence-electron chi connectivity index (χ1n) is 10.1. The number of ether oxygens (including phenoxy) is 1. The number of thiocarbonyl (C=S) groups is 1. The van der Waals surface area contributed by atoms with Crippen LogP contribution in [0.2, 0.25) is 0 Å². The van der Waals surface area contributed by atoms with Crippen LogP contribution in [-0.4, -0.2) is 21.1 Å². The molecule has 1 saturated carbocycles. The van der Waals surface area contributed by atoms with Crippen LogP contribution in [0.3, 0.4) is 0 Å². The molecule has 1 aliphatic rings. The average Bonchev–Trinajstić information content (AvgIpc) is 3.51. The molecule has 0 saturated heterocycles. The molecule has 2 heterocycles. The first kappa shape index (κ1) is 19.7. The molecule has 0 amide bonds. The summed E-state index contributed by atoms with van der Waals surface area (Å²) in [4.78, 5) is 9.90. The predicted molar refractivity (Wildman–Crippen MR) is 129 cm³/mol. The third-order valence-electron chi connectivity index (χ3n) is 4.91. The van der Waals surface area contributed by atoms with E-state index in [1.165, 1.54) is 12.8 Å². The largest absolute Gasteiger partial charge is 0.489 e. The van der Waals surface area contributed by atoms with Gasteiger partial charge in [-0.1, -0.05) is 30.3 Å². The Morgan fingerprint density at radius 3 is 2.65 bits per heavy atom. The molecule has 2 aromatic carbocycles. The van der Waals surface area contributed by atoms with Gasteiger partial charge in [0, 0.05) is 10.9 Å². The van der Waals surface area contributed by atoms with E-state index in [1.54, 1.807) is 17.7 Å². The number of anilines is 1. The number of fused-ring (bicyclic) bond motifs is 1. The Labute approximate surface area is 189 Å². The van der Waals surface area contributed by atoms with Crippen molar-refractivity contribution in [2.75, 3.05) is 5.43 Å². The fourth-order valence-corrected chi connectivity index (χ4v) is 4.39. The van der Waals surface area contributed by atoms with E-state index in [1.807, 2.05) is 30.3 Å². The molecule has 4 aromatic rings. The van der Waals surface area contributed by atoms with Crippen molar-refractivity contribution in [3.05, 3.63) is 72.6 Å². The van der Waals surface area contributed by atoms with Gasteiger partial charge in [-0.05, 0) is 66.5 Å². The lowest BCUT2D eigenvalue weighted by atomic mass is 10.2. The molecule has 8 heteroatoms. The lowest BCUT2D eigenvalue weighted by molar-refractivity contribution is 0.306. The number of nitrogens with zero attached hydrogens (tertiary/aromatic N) is 2. The second kappa shape index (κ2) is 8.87. The SMILES string of the molecule is S=C(NNc1ncnc2cc(-c3ccc(OCc4ccccc4)cc3)sc12)NC1CC1. The van der Waals surface area contributed by atoms with Crippen molar-refractivity contribution < 1.29 is 4.74 Å². The molecule has 6 nitrogen and oxygen atoms in total. The van der Waals surface area contributed by atoms with Gasteiger partial charge in [-0.2, -0.15) is 0 Å². The minimum Gasteiger partial charge on any atom is -0.489 e. The Kier molecular flexibility index (Phi) is 5.64. The maximum Gasteiger partial charge on any atom is 0.185 e. The van der Waals surface area contributed by atoms with Gasteiger partial charge in [0.2, 0.25) is 0 Å². The summed E-state index contributed by atoms with van der Waals surface area (Å²) in [5.41, 5.74) is 9.28. The third-order valence-corrected chi connectivity index (χ3v) is 6.31. The molecule has 156 valence electrons. The molecule has 2 aromatic heterocycles. The summed E-state index contributed by atoms with van der Waals surface area (Å²) in [5.74, 6) is 1.56. The number of hydrogen-bond donors (Lipinski definition) is 3. The average molecular weight is 448 g/mol. The van der Waals surface area contributed by atoms with E-state index in [0.29, 0.717) is 23.6 Å². The zero-order valence-electron chi connectivity index (χ0n) is 16.7. The molecule has 31 heavy (non-hydrogen) atoms. The Balaban J connectivity index is 1.27. The van der Waals surface area contributed by atoms with Gasteiger partial charge < -0.3 is 10.1 Å². The number of hydrogen-bond acceptors (Lipinski definition) is 6. The monoisotopic (exact) mass is 447 g/mol. The van der Waals surface area contributed by atoms with Crippen LogP contribution in [0.1, 0.15) is 18.4 Å². The standard InChI is InChI=1S/C23H21N5OS2/c30-23(26-17-8-9-17)28-27-22-21-19(24-14-25-22)12-20(31-21)16-6-10-18(11-7-16)29-13-15-4-2-1-3-5-15/h1-7,10-12,14,17H,8-9,13H2,(H,24,25,27)(H2,26,28,30). The number of benzene rings is 2. The lowest BCUT2D eigenvalue weighted by Gasteiger charge is -2.11. The maximum absolute atomic E-state index is 5.89. The normalized spacial score (nSPS) is 13.0. The highest BCUT2D eigenvalue weighted by Gasteiger charge is 2.21. The number of hydrazine groups is 1. The molecule has 5 rings (SSSR count). The van der Waals surface area contributed by atoms with Crippen molar-refractivity contribution in [2.24, 2.45) is 0 Å². The Morgan fingerprint density at radius 2 is 1.87 bits per heavy atom. The van der Waals surface area contributed by atoms with Crippen LogP contribution in [-0.2, 0) is 6.61 Å².